The van der Waals surface area contributed by atoms with Crippen LogP contribution >= 0.6 is 0 Å². The van der Waals surface area contributed by atoms with Crippen LogP contribution in [0.1, 0.15) is 10.5 Å². The monoisotopic (exact) mass is 401 g/mol. The van der Waals surface area contributed by atoms with Crippen LogP contribution < -0.4 is 16.2 Å². The van der Waals surface area contributed by atoms with Crippen LogP contribution in [0.5, 0.6) is 5.75 Å². The number of nitrogens with two attached hydrogens (primary N) is 1. The van der Waals surface area contributed by atoms with E-state index in [9.17, 15) is 9.59 Å². The Labute approximate surface area is 168 Å². The molecule has 5 aromatic rings. The van der Waals surface area contributed by atoms with Gasteiger partial charge in [0.15, 0.2) is 17.2 Å². The second-order valence-electron chi connectivity index (χ2n) is 6.56. The molecule has 0 bridgehead atoms. The van der Waals surface area contributed by atoms with Crippen LogP contribution in [0.4, 0.5) is 0 Å². The van der Waals surface area contributed by atoms with E-state index in [2.05, 4.69) is 24.9 Å². The number of amides is 1. The number of hydrogen-bond donors (Lipinski definition) is 3. The van der Waals surface area contributed by atoms with Crippen molar-refractivity contribution in [1.29, 1.82) is 0 Å². The SMILES string of the molecule is COc1cccc(-n2c(=O)[nH]c3c(C(N)=O)nc(-c4ccc5nc[nH]c5c4)nc32)c1. The van der Waals surface area contributed by atoms with Gasteiger partial charge in [-0.2, -0.15) is 0 Å². The third kappa shape index (κ3) is 2.70. The quantitative estimate of drug-likeness (QED) is 0.418. The van der Waals surface area contributed by atoms with E-state index < -0.39 is 11.6 Å². The summed E-state index contributed by atoms with van der Waals surface area (Å²) in [6.07, 6.45) is 1.58. The Morgan fingerprint density at radius 2 is 2.03 bits per heavy atom. The zero-order valence-electron chi connectivity index (χ0n) is 15.7. The number of rotatable bonds is 4. The lowest BCUT2D eigenvalue weighted by atomic mass is 10.2. The molecule has 0 atom stereocenters. The fourth-order valence-electron chi connectivity index (χ4n) is 3.36. The number of carbonyl (C=O) groups is 1. The molecule has 5 rings (SSSR count). The summed E-state index contributed by atoms with van der Waals surface area (Å²) in [4.78, 5) is 43.6. The average molecular weight is 401 g/mol. The molecule has 0 aliphatic heterocycles. The van der Waals surface area contributed by atoms with Gasteiger partial charge in [0, 0.05) is 11.6 Å². The number of primary amides is 1. The molecule has 2 aromatic carbocycles. The third-order valence-electron chi connectivity index (χ3n) is 4.76. The topological polar surface area (TPSA) is 145 Å². The second-order valence-corrected chi connectivity index (χ2v) is 6.56. The van der Waals surface area contributed by atoms with Crippen molar-refractivity contribution in [3.8, 4) is 22.8 Å². The number of benzene rings is 2. The van der Waals surface area contributed by atoms with E-state index in [4.69, 9.17) is 10.5 Å². The highest BCUT2D eigenvalue weighted by atomic mass is 16.5. The van der Waals surface area contributed by atoms with Crippen LogP contribution in [0.15, 0.2) is 53.6 Å². The van der Waals surface area contributed by atoms with E-state index in [1.807, 2.05) is 12.1 Å². The molecule has 10 heteroatoms. The van der Waals surface area contributed by atoms with Gasteiger partial charge in [0.25, 0.3) is 5.91 Å². The van der Waals surface area contributed by atoms with Gasteiger partial charge in [-0.05, 0) is 30.3 Å². The summed E-state index contributed by atoms with van der Waals surface area (Å²) < 4.78 is 6.60. The maximum absolute atomic E-state index is 12.7. The number of aromatic nitrogens is 6. The number of carbonyl (C=O) groups excluding carboxylic acids is 1. The molecule has 3 aromatic heterocycles. The van der Waals surface area contributed by atoms with E-state index in [0.717, 1.165) is 11.0 Å². The Morgan fingerprint density at radius 1 is 1.17 bits per heavy atom. The van der Waals surface area contributed by atoms with Gasteiger partial charge in [0.2, 0.25) is 0 Å². The molecule has 0 saturated heterocycles. The molecule has 0 aliphatic carbocycles. The van der Waals surface area contributed by atoms with Crippen molar-refractivity contribution in [3.63, 3.8) is 0 Å². The molecule has 3 heterocycles. The van der Waals surface area contributed by atoms with Gasteiger partial charge in [0.1, 0.15) is 11.3 Å². The Kier molecular flexibility index (Phi) is 3.85. The molecule has 0 unspecified atom stereocenters. The van der Waals surface area contributed by atoms with Crippen molar-refractivity contribution in [2.75, 3.05) is 7.11 Å². The number of hydrogen-bond acceptors (Lipinski definition) is 6. The number of methoxy groups -OCH3 is 1. The van der Waals surface area contributed by atoms with Gasteiger partial charge in [-0.1, -0.05) is 6.07 Å². The van der Waals surface area contributed by atoms with Crippen molar-refractivity contribution >= 4 is 28.1 Å². The lowest BCUT2D eigenvalue weighted by molar-refractivity contribution is 0.0997. The van der Waals surface area contributed by atoms with Crippen LogP contribution in [0, 0.1) is 0 Å². The molecule has 0 spiro atoms. The van der Waals surface area contributed by atoms with Gasteiger partial charge in [-0.25, -0.2) is 24.3 Å². The summed E-state index contributed by atoms with van der Waals surface area (Å²) in [7, 11) is 1.54. The molecule has 30 heavy (non-hydrogen) atoms. The highest BCUT2D eigenvalue weighted by Crippen LogP contribution is 2.25. The van der Waals surface area contributed by atoms with Crippen LogP contribution in [0.3, 0.4) is 0 Å². The summed E-state index contributed by atoms with van der Waals surface area (Å²) in [5, 5.41) is 0. The van der Waals surface area contributed by atoms with Crippen molar-refractivity contribution < 1.29 is 9.53 Å². The standard InChI is InChI=1S/C20H15N7O3/c1-30-12-4-2-3-11(8-12)27-19-16(25-20(27)29)15(17(21)28)24-18(26-19)10-5-6-13-14(7-10)23-9-22-13/h2-9H,1H3,(H2,21,28)(H,22,23)(H,25,29). The number of nitrogens with one attached hydrogen (secondary N) is 2. The van der Waals surface area contributed by atoms with Gasteiger partial charge >= 0.3 is 5.69 Å². The molecule has 1 amide bonds. The first kappa shape index (κ1) is 17.6. The first-order chi connectivity index (χ1) is 14.5. The molecule has 4 N–H and O–H groups in total. The van der Waals surface area contributed by atoms with Gasteiger partial charge in [-0.15, -0.1) is 0 Å². The average Bonchev–Trinajstić information content (AvgIpc) is 3.35. The first-order valence-electron chi connectivity index (χ1n) is 8.95. The number of H-pyrrole nitrogens is 2. The normalized spacial score (nSPS) is 11.2. The van der Waals surface area contributed by atoms with Gasteiger partial charge in [0.05, 0.1) is 30.2 Å². The first-order valence-corrected chi connectivity index (χ1v) is 8.95. The van der Waals surface area contributed by atoms with E-state index in [0.29, 0.717) is 17.0 Å². The fraction of sp³-hybridized carbons (Fsp3) is 0.0500. The second kappa shape index (κ2) is 6.55. The molecule has 0 saturated carbocycles. The molecule has 148 valence electrons. The highest BCUT2D eigenvalue weighted by Gasteiger charge is 2.20. The summed E-state index contributed by atoms with van der Waals surface area (Å²) in [6, 6.07) is 12.4. The van der Waals surface area contributed by atoms with Crippen LogP contribution in [0.25, 0.3) is 39.3 Å². The lowest BCUT2D eigenvalue weighted by Gasteiger charge is -2.08. The van der Waals surface area contributed by atoms with Crippen molar-refractivity contribution in [1.82, 2.24) is 29.5 Å². The number of nitrogens with zero attached hydrogens (tertiary/aromatic N) is 4. The highest BCUT2D eigenvalue weighted by molar-refractivity contribution is 6.02. The summed E-state index contributed by atoms with van der Waals surface area (Å²) >= 11 is 0. The molecular formula is C20H15N7O3. The maximum Gasteiger partial charge on any atom is 0.332 e. The minimum Gasteiger partial charge on any atom is -0.497 e. The van der Waals surface area contributed by atoms with Crippen molar-refractivity contribution in [2.24, 2.45) is 5.73 Å². The number of imidazole rings is 2. The Bertz CT molecular complexity index is 1500. The summed E-state index contributed by atoms with van der Waals surface area (Å²) in [5.41, 5.74) is 8.14. The molecular weight excluding hydrogens is 386 g/mol. The van der Waals surface area contributed by atoms with Crippen LogP contribution in [0.2, 0.25) is 0 Å². The lowest BCUT2D eigenvalue weighted by Crippen LogP contribution is -2.15. The van der Waals surface area contributed by atoms with Gasteiger partial charge in [-0.3, -0.25) is 4.79 Å². The zero-order chi connectivity index (χ0) is 20.8. The van der Waals surface area contributed by atoms with E-state index in [1.54, 1.807) is 36.7 Å². The predicted octanol–water partition coefficient (Wildman–Crippen LogP) is 1.76. The van der Waals surface area contributed by atoms with Crippen LogP contribution in [-0.2, 0) is 0 Å². The minimum absolute atomic E-state index is 0.0709. The van der Waals surface area contributed by atoms with Crippen molar-refractivity contribution in [2.45, 2.75) is 0 Å². The molecule has 0 aliphatic rings. The smallest absolute Gasteiger partial charge is 0.332 e. The maximum atomic E-state index is 12.7. The van der Waals surface area contributed by atoms with E-state index in [-0.39, 0.29) is 22.7 Å². The van der Waals surface area contributed by atoms with Gasteiger partial charge < -0.3 is 20.4 Å². The number of fused-ring (bicyclic) bond motifs is 2. The summed E-state index contributed by atoms with van der Waals surface area (Å²) in [5.74, 6) is 0.0524. The van der Waals surface area contributed by atoms with E-state index >= 15 is 0 Å². The number of aromatic amines is 2. The number of ether oxygens (including phenoxy) is 1. The third-order valence-corrected chi connectivity index (χ3v) is 4.76. The predicted molar refractivity (Wildman–Crippen MR) is 110 cm³/mol. The Morgan fingerprint density at radius 3 is 2.83 bits per heavy atom. The minimum atomic E-state index is -0.773. The molecule has 10 nitrogen and oxygen atoms in total. The zero-order valence-corrected chi connectivity index (χ0v) is 15.7. The van der Waals surface area contributed by atoms with Crippen molar-refractivity contribution in [3.05, 3.63) is 65.0 Å². The largest absolute Gasteiger partial charge is 0.497 e. The molecule has 0 radical (unpaired) electrons. The Balaban J connectivity index is 1.81. The Hall–Kier alpha value is -4.47. The fourth-order valence-corrected chi connectivity index (χ4v) is 3.36. The molecule has 0 fully saturated rings. The van der Waals surface area contributed by atoms with E-state index in [1.165, 1.54) is 11.7 Å². The van der Waals surface area contributed by atoms with Crippen LogP contribution in [-0.4, -0.2) is 42.5 Å². The summed E-state index contributed by atoms with van der Waals surface area (Å²) in [6.45, 7) is 0.